The number of aromatic nitrogens is 3. The van der Waals surface area contributed by atoms with Crippen molar-refractivity contribution in [3.63, 3.8) is 0 Å². The van der Waals surface area contributed by atoms with Crippen LogP contribution < -0.4 is 15.4 Å². The third-order valence-electron chi connectivity index (χ3n) is 6.55. The molecule has 2 fully saturated rings. The molecule has 0 spiro atoms. The van der Waals surface area contributed by atoms with Crippen LogP contribution in [0.5, 0.6) is 5.75 Å². The van der Waals surface area contributed by atoms with Crippen molar-refractivity contribution in [1.29, 1.82) is 0 Å². The highest BCUT2D eigenvalue weighted by molar-refractivity contribution is 5.65. The minimum Gasteiger partial charge on any atom is -0.487 e. The first kappa shape index (κ1) is 20.7. The molecule has 3 aromatic rings. The van der Waals surface area contributed by atoms with Crippen LogP contribution in [0.15, 0.2) is 55.1 Å². The summed E-state index contributed by atoms with van der Waals surface area (Å²) in [7, 11) is 0. The lowest BCUT2D eigenvalue weighted by molar-refractivity contribution is 0.210. The van der Waals surface area contributed by atoms with E-state index < -0.39 is 0 Å². The van der Waals surface area contributed by atoms with E-state index in [0.29, 0.717) is 5.95 Å². The second kappa shape index (κ2) is 9.98. The fourth-order valence-corrected chi connectivity index (χ4v) is 4.78. The summed E-state index contributed by atoms with van der Waals surface area (Å²) in [4.78, 5) is 13.2. The molecule has 2 heterocycles. The molecule has 2 aromatic heterocycles. The Balaban J connectivity index is 1.20. The quantitative estimate of drug-likeness (QED) is 0.434. The van der Waals surface area contributed by atoms with E-state index in [4.69, 9.17) is 4.74 Å². The van der Waals surface area contributed by atoms with Crippen LogP contribution in [0.25, 0.3) is 0 Å². The van der Waals surface area contributed by atoms with Gasteiger partial charge in [0.15, 0.2) is 5.75 Å². The number of benzene rings is 1. The average Bonchev–Trinajstić information content (AvgIpc) is 3.36. The minimum absolute atomic E-state index is 0.284. The predicted molar refractivity (Wildman–Crippen MR) is 128 cm³/mol. The molecule has 1 aromatic carbocycles. The van der Waals surface area contributed by atoms with Gasteiger partial charge in [-0.3, -0.25) is 4.98 Å². The van der Waals surface area contributed by atoms with Gasteiger partial charge in [0, 0.05) is 11.9 Å². The van der Waals surface area contributed by atoms with Gasteiger partial charge < -0.3 is 15.4 Å². The van der Waals surface area contributed by atoms with E-state index in [9.17, 15) is 0 Å². The molecule has 0 aliphatic heterocycles. The van der Waals surface area contributed by atoms with E-state index >= 15 is 0 Å². The zero-order chi connectivity index (χ0) is 21.6. The maximum Gasteiger partial charge on any atom is 0.227 e. The first-order chi connectivity index (χ1) is 15.8. The highest BCUT2D eigenvalue weighted by Crippen LogP contribution is 2.33. The van der Waals surface area contributed by atoms with E-state index in [-0.39, 0.29) is 6.10 Å². The van der Waals surface area contributed by atoms with Crippen LogP contribution in [0, 0.1) is 0 Å². The third-order valence-corrected chi connectivity index (χ3v) is 6.55. The van der Waals surface area contributed by atoms with Crippen LogP contribution in [0.2, 0.25) is 0 Å². The summed E-state index contributed by atoms with van der Waals surface area (Å²) in [5.74, 6) is 2.08. The van der Waals surface area contributed by atoms with Gasteiger partial charge in [-0.05, 0) is 68.2 Å². The lowest BCUT2D eigenvalue weighted by atomic mass is 9.84. The molecule has 166 valence electrons. The highest BCUT2D eigenvalue weighted by Gasteiger charge is 2.18. The standard InChI is InChI=1S/C26H31N5O/c1-2-6-19(7-3-1)20-10-12-21(13-11-20)31-26-28-16-22(17-29-26)30-24-14-15-27-18-25(24)32-23-8-4-5-9-23/h10-19,23H,1-9H2,(H,27,30)(H,28,29,31). The van der Waals surface area contributed by atoms with Crippen molar-refractivity contribution >= 4 is 23.0 Å². The van der Waals surface area contributed by atoms with E-state index in [0.717, 1.165) is 41.6 Å². The van der Waals surface area contributed by atoms with Crippen molar-refractivity contribution in [3.05, 3.63) is 60.7 Å². The van der Waals surface area contributed by atoms with Gasteiger partial charge >= 0.3 is 0 Å². The van der Waals surface area contributed by atoms with E-state index in [1.807, 2.05) is 6.07 Å². The molecule has 0 radical (unpaired) electrons. The topological polar surface area (TPSA) is 72.0 Å². The zero-order valence-electron chi connectivity index (χ0n) is 18.5. The summed E-state index contributed by atoms with van der Waals surface area (Å²) < 4.78 is 6.16. The van der Waals surface area contributed by atoms with Gasteiger partial charge in [0.2, 0.25) is 5.95 Å². The van der Waals surface area contributed by atoms with Crippen LogP contribution >= 0.6 is 0 Å². The maximum absolute atomic E-state index is 6.16. The Morgan fingerprint density at radius 3 is 2.19 bits per heavy atom. The number of anilines is 4. The Hall–Kier alpha value is -3.15. The van der Waals surface area contributed by atoms with E-state index in [2.05, 4.69) is 49.9 Å². The van der Waals surface area contributed by atoms with Gasteiger partial charge in [0.05, 0.1) is 36.1 Å². The van der Waals surface area contributed by atoms with Crippen LogP contribution in [-0.4, -0.2) is 21.1 Å². The van der Waals surface area contributed by atoms with Crippen molar-refractivity contribution in [2.75, 3.05) is 10.6 Å². The number of hydrogen-bond donors (Lipinski definition) is 2. The molecule has 0 amide bonds. The van der Waals surface area contributed by atoms with Gasteiger partial charge in [0.25, 0.3) is 0 Å². The van der Waals surface area contributed by atoms with Crippen LogP contribution in [0.4, 0.5) is 23.0 Å². The lowest BCUT2D eigenvalue weighted by Gasteiger charge is -2.22. The summed E-state index contributed by atoms with van der Waals surface area (Å²) in [5.41, 5.74) is 4.15. The van der Waals surface area contributed by atoms with Crippen LogP contribution in [-0.2, 0) is 0 Å². The van der Waals surface area contributed by atoms with Crippen molar-refractivity contribution < 1.29 is 4.74 Å². The maximum atomic E-state index is 6.16. The molecule has 6 nitrogen and oxygen atoms in total. The summed E-state index contributed by atoms with van der Waals surface area (Å²) in [6.07, 6.45) is 18.8. The number of nitrogens with one attached hydrogen (secondary N) is 2. The number of pyridine rings is 1. The molecular formula is C26H31N5O. The molecule has 0 unspecified atom stereocenters. The molecule has 0 bridgehead atoms. The average molecular weight is 430 g/mol. The van der Waals surface area contributed by atoms with Gasteiger partial charge in [-0.15, -0.1) is 0 Å². The molecule has 6 heteroatoms. The Labute approximate surface area is 189 Å². The first-order valence-corrected chi connectivity index (χ1v) is 11.9. The molecule has 5 rings (SSSR count). The Morgan fingerprint density at radius 1 is 0.719 bits per heavy atom. The largest absolute Gasteiger partial charge is 0.487 e. The molecule has 2 aliphatic carbocycles. The summed E-state index contributed by atoms with van der Waals surface area (Å²) in [5, 5.41) is 6.66. The molecule has 0 saturated heterocycles. The monoisotopic (exact) mass is 429 g/mol. The third kappa shape index (κ3) is 5.18. The number of rotatable bonds is 7. The van der Waals surface area contributed by atoms with Crippen molar-refractivity contribution in [1.82, 2.24) is 15.0 Å². The van der Waals surface area contributed by atoms with Crippen molar-refractivity contribution in [3.8, 4) is 5.75 Å². The van der Waals surface area contributed by atoms with Gasteiger partial charge in [-0.1, -0.05) is 31.4 Å². The zero-order valence-corrected chi connectivity index (χ0v) is 18.5. The van der Waals surface area contributed by atoms with Gasteiger partial charge in [0.1, 0.15) is 0 Å². The Bertz CT molecular complexity index is 993. The predicted octanol–water partition coefficient (Wildman–Crippen LogP) is 6.73. The number of hydrogen-bond acceptors (Lipinski definition) is 6. The number of ether oxygens (including phenoxy) is 1. The minimum atomic E-state index is 0.284. The van der Waals surface area contributed by atoms with Crippen molar-refractivity contribution in [2.45, 2.75) is 69.8 Å². The Morgan fingerprint density at radius 2 is 1.44 bits per heavy atom. The van der Waals surface area contributed by atoms with E-state index in [1.165, 1.54) is 50.5 Å². The fourth-order valence-electron chi connectivity index (χ4n) is 4.78. The summed E-state index contributed by atoms with van der Waals surface area (Å²) in [6.45, 7) is 0. The van der Waals surface area contributed by atoms with E-state index in [1.54, 1.807) is 24.8 Å². The van der Waals surface area contributed by atoms with Gasteiger partial charge in [-0.2, -0.15) is 0 Å². The fraction of sp³-hybridized carbons (Fsp3) is 0.423. The second-order valence-electron chi connectivity index (χ2n) is 8.90. The smallest absolute Gasteiger partial charge is 0.227 e. The normalized spacial score (nSPS) is 17.2. The number of nitrogens with zero attached hydrogens (tertiary/aromatic N) is 3. The highest BCUT2D eigenvalue weighted by atomic mass is 16.5. The van der Waals surface area contributed by atoms with Crippen molar-refractivity contribution in [2.24, 2.45) is 0 Å². The molecule has 32 heavy (non-hydrogen) atoms. The van der Waals surface area contributed by atoms with Crippen LogP contribution in [0.1, 0.15) is 69.3 Å². The lowest BCUT2D eigenvalue weighted by Crippen LogP contribution is -2.12. The summed E-state index contributed by atoms with van der Waals surface area (Å²) in [6, 6.07) is 10.7. The molecule has 2 N–H and O–H groups in total. The van der Waals surface area contributed by atoms with Gasteiger partial charge in [-0.25, -0.2) is 9.97 Å². The second-order valence-corrected chi connectivity index (χ2v) is 8.90. The molecule has 2 aliphatic rings. The summed E-state index contributed by atoms with van der Waals surface area (Å²) >= 11 is 0. The SMILES string of the molecule is c1cc(Nc2cnc(Nc3ccc(C4CCCCC4)cc3)nc2)c(OC2CCCC2)cn1. The Kier molecular flexibility index (Phi) is 6.47. The van der Waals surface area contributed by atoms with Crippen LogP contribution in [0.3, 0.4) is 0 Å². The first-order valence-electron chi connectivity index (χ1n) is 11.9. The molecular weight excluding hydrogens is 398 g/mol. The molecule has 0 atom stereocenters. The molecule has 2 saturated carbocycles.